The maximum absolute atomic E-state index is 4.47. The molecular weight excluding hydrogens is 192 g/mol. The molecule has 80 valence electrons. The molecule has 1 unspecified atom stereocenters. The summed E-state index contributed by atoms with van der Waals surface area (Å²) in [5.74, 6) is 2.23. The summed E-state index contributed by atoms with van der Waals surface area (Å²) < 4.78 is 0. The molecule has 14 heavy (non-hydrogen) atoms. The van der Waals surface area contributed by atoms with Gasteiger partial charge in [-0.3, -0.25) is 4.99 Å². The number of hydrogen-bond donors (Lipinski definition) is 1. The SMILES string of the molecule is CC1CN=C(SCC2CCCCC2)N1. The zero-order valence-corrected chi connectivity index (χ0v) is 9.78. The highest BCUT2D eigenvalue weighted by atomic mass is 32.2. The fraction of sp³-hybridized carbons (Fsp3) is 0.909. The summed E-state index contributed by atoms with van der Waals surface area (Å²) in [6.07, 6.45) is 7.23. The zero-order valence-electron chi connectivity index (χ0n) is 8.96. The van der Waals surface area contributed by atoms with Crippen molar-refractivity contribution in [3.63, 3.8) is 0 Å². The van der Waals surface area contributed by atoms with Gasteiger partial charge >= 0.3 is 0 Å². The highest BCUT2D eigenvalue weighted by molar-refractivity contribution is 8.13. The van der Waals surface area contributed by atoms with Crippen LogP contribution in [0.2, 0.25) is 0 Å². The minimum absolute atomic E-state index is 0.559. The minimum atomic E-state index is 0.559. The molecule has 0 aromatic rings. The van der Waals surface area contributed by atoms with E-state index in [1.807, 2.05) is 11.8 Å². The van der Waals surface area contributed by atoms with Crippen LogP contribution in [-0.2, 0) is 0 Å². The largest absolute Gasteiger partial charge is 0.361 e. The Labute approximate surface area is 90.9 Å². The molecule has 0 aromatic heterocycles. The molecule has 1 N–H and O–H groups in total. The fourth-order valence-electron chi connectivity index (χ4n) is 2.16. The predicted octanol–water partition coefficient (Wildman–Crippen LogP) is 2.65. The van der Waals surface area contributed by atoms with Crippen molar-refractivity contribution in [3.05, 3.63) is 0 Å². The third-order valence-corrected chi connectivity index (χ3v) is 4.22. The van der Waals surface area contributed by atoms with Crippen LogP contribution in [-0.4, -0.2) is 23.5 Å². The second kappa shape index (κ2) is 5.06. The van der Waals surface area contributed by atoms with E-state index in [0.29, 0.717) is 6.04 Å². The van der Waals surface area contributed by atoms with Crippen molar-refractivity contribution in [3.8, 4) is 0 Å². The lowest BCUT2D eigenvalue weighted by molar-refractivity contribution is 0.391. The second-order valence-corrected chi connectivity index (χ2v) is 5.51. The van der Waals surface area contributed by atoms with E-state index >= 15 is 0 Å². The maximum Gasteiger partial charge on any atom is 0.156 e. The van der Waals surface area contributed by atoms with E-state index < -0.39 is 0 Å². The second-order valence-electron chi connectivity index (χ2n) is 4.51. The van der Waals surface area contributed by atoms with Gasteiger partial charge in [-0.15, -0.1) is 0 Å². The molecule has 2 rings (SSSR count). The van der Waals surface area contributed by atoms with Crippen LogP contribution in [0, 0.1) is 5.92 Å². The molecule has 1 aliphatic heterocycles. The standard InChI is InChI=1S/C11H20N2S/c1-9-7-12-11(13-9)14-8-10-5-3-2-4-6-10/h9-10H,2-8H2,1H3,(H,12,13). The highest BCUT2D eigenvalue weighted by Gasteiger charge is 2.17. The molecule has 1 aliphatic carbocycles. The summed E-state index contributed by atoms with van der Waals surface area (Å²) in [5, 5.41) is 4.59. The number of rotatable bonds is 2. The first-order valence-corrected chi connectivity index (χ1v) is 6.77. The van der Waals surface area contributed by atoms with Crippen LogP contribution in [0.3, 0.4) is 0 Å². The van der Waals surface area contributed by atoms with E-state index in [1.54, 1.807) is 0 Å². The molecular formula is C11H20N2S. The molecule has 3 heteroatoms. The van der Waals surface area contributed by atoms with Crippen molar-refractivity contribution < 1.29 is 0 Å². The van der Waals surface area contributed by atoms with E-state index in [-0.39, 0.29) is 0 Å². The number of nitrogens with zero attached hydrogens (tertiary/aromatic N) is 1. The minimum Gasteiger partial charge on any atom is -0.361 e. The molecule has 0 amide bonds. The lowest BCUT2D eigenvalue weighted by Crippen LogP contribution is -2.25. The molecule has 0 bridgehead atoms. The van der Waals surface area contributed by atoms with E-state index in [4.69, 9.17) is 0 Å². The summed E-state index contributed by atoms with van der Waals surface area (Å²) in [7, 11) is 0. The van der Waals surface area contributed by atoms with Gasteiger partial charge in [-0.2, -0.15) is 0 Å². The van der Waals surface area contributed by atoms with Crippen LogP contribution in [0.5, 0.6) is 0 Å². The summed E-state index contributed by atoms with van der Waals surface area (Å²) >= 11 is 1.93. The number of amidine groups is 1. The Bertz CT molecular complexity index is 209. The Balaban J connectivity index is 1.66. The van der Waals surface area contributed by atoms with Gasteiger partial charge in [0.15, 0.2) is 5.17 Å². The first kappa shape index (κ1) is 10.3. The molecule has 0 saturated heterocycles. The fourth-order valence-corrected chi connectivity index (χ4v) is 3.34. The van der Waals surface area contributed by atoms with Crippen LogP contribution >= 0.6 is 11.8 Å². The van der Waals surface area contributed by atoms with Gasteiger partial charge in [-0.1, -0.05) is 31.0 Å². The Kier molecular flexibility index (Phi) is 3.74. The summed E-state index contributed by atoms with van der Waals surface area (Å²) in [6, 6.07) is 0.559. The molecule has 0 radical (unpaired) electrons. The molecule has 1 fully saturated rings. The Morgan fingerprint density at radius 1 is 1.36 bits per heavy atom. The summed E-state index contributed by atoms with van der Waals surface area (Å²) in [5.41, 5.74) is 0. The van der Waals surface area contributed by atoms with Gasteiger partial charge in [-0.25, -0.2) is 0 Å². The summed E-state index contributed by atoms with van der Waals surface area (Å²) in [6.45, 7) is 3.16. The van der Waals surface area contributed by atoms with Crippen LogP contribution < -0.4 is 5.32 Å². The predicted molar refractivity (Wildman–Crippen MR) is 63.9 cm³/mol. The number of hydrogen-bond acceptors (Lipinski definition) is 3. The van der Waals surface area contributed by atoms with Gasteiger partial charge in [0.05, 0.1) is 6.54 Å². The molecule has 2 nitrogen and oxygen atoms in total. The zero-order chi connectivity index (χ0) is 9.80. The van der Waals surface area contributed by atoms with Crippen molar-refractivity contribution in [2.75, 3.05) is 12.3 Å². The molecule has 2 aliphatic rings. The van der Waals surface area contributed by atoms with Crippen LogP contribution in [0.1, 0.15) is 39.0 Å². The van der Waals surface area contributed by atoms with Gasteiger partial charge in [-0.05, 0) is 25.7 Å². The Morgan fingerprint density at radius 2 is 2.14 bits per heavy atom. The van der Waals surface area contributed by atoms with Gasteiger partial charge < -0.3 is 5.32 Å². The van der Waals surface area contributed by atoms with Crippen LogP contribution in [0.25, 0.3) is 0 Å². The smallest absolute Gasteiger partial charge is 0.156 e. The number of thioether (sulfide) groups is 1. The van der Waals surface area contributed by atoms with E-state index in [1.165, 1.54) is 43.0 Å². The Morgan fingerprint density at radius 3 is 2.79 bits per heavy atom. The Hall–Kier alpha value is -0.180. The van der Waals surface area contributed by atoms with Crippen LogP contribution in [0.4, 0.5) is 0 Å². The van der Waals surface area contributed by atoms with Gasteiger partial charge in [0.1, 0.15) is 0 Å². The third kappa shape index (κ3) is 2.91. The lowest BCUT2D eigenvalue weighted by atomic mass is 9.91. The van der Waals surface area contributed by atoms with Crippen molar-refractivity contribution >= 4 is 16.9 Å². The first-order valence-electron chi connectivity index (χ1n) is 5.78. The van der Waals surface area contributed by atoms with Crippen molar-refractivity contribution in [2.45, 2.75) is 45.1 Å². The van der Waals surface area contributed by atoms with E-state index in [2.05, 4.69) is 17.2 Å². The summed E-state index contributed by atoms with van der Waals surface area (Å²) in [4.78, 5) is 4.47. The van der Waals surface area contributed by atoms with Crippen molar-refractivity contribution in [1.82, 2.24) is 5.32 Å². The van der Waals surface area contributed by atoms with Crippen molar-refractivity contribution in [2.24, 2.45) is 10.9 Å². The van der Waals surface area contributed by atoms with E-state index in [9.17, 15) is 0 Å². The molecule has 0 spiro atoms. The lowest BCUT2D eigenvalue weighted by Gasteiger charge is -2.20. The quantitative estimate of drug-likeness (QED) is 0.761. The van der Waals surface area contributed by atoms with Crippen molar-refractivity contribution in [1.29, 1.82) is 0 Å². The first-order chi connectivity index (χ1) is 6.84. The average Bonchev–Trinajstić information content (AvgIpc) is 2.63. The van der Waals surface area contributed by atoms with Gasteiger partial charge in [0.25, 0.3) is 0 Å². The normalized spacial score (nSPS) is 28.6. The third-order valence-electron chi connectivity index (χ3n) is 3.06. The van der Waals surface area contributed by atoms with Gasteiger partial charge in [0, 0.05) is 11.8 Å². The molecule has 0 aromatic carbocycles. The molecule has 1 saturated carbocycles. The monoisotopic (exact) mass is 212 g/mol. The molecule has 1 heterocycles. The molecule has 1 atom stereocenters. The average molecular weight is 212 g/mol. The number of aliphatic imine (C=N–C) groups is 1. The number of nitrogens with one attached hydrogen (secondary N) is 1. The maximum atomic E-state index is 4.47. The van der Waals surface area contributed by atoms with Crippen LogP contribution in [0.15, 0.2) is 4.99 Å². The highest BCUT2D eigenvalue weighted by Crippen LogP contribution is 2.27. The van der Waals surface area contributed by atoms with Gasteiger partial charge in [0.2, 0.25) is 0 Å². The topological polar surface area (TPSA) is 24.4 Å². The van der Waals surface area contributed by atoms with E-state index in [0.717, 1.165) is 12.5 Å².